The molecule has 104 valence electrons. The maximum Gasteiger partial charge on any atom is 0.338 e. The van der Waals surface area contributed by atoms with E-state index in [2.05, 4.69) is 11.8 Å². The van der Waals surface area contributed by atoms with Crippen LogP contribution in [-0.4, -0.2) is 36.6 Å². The first-order valence-electron chi connectivity index (χ1n) is 6.83. The molecule has 1 aliphatic rings. The fraction of sp³-hybridized carbons (Fsp3) is 0.533. The van der Waals surface area contributed by atoms with Gasteiger partial charge in [0.15, 0.2) is 0 Å². The lowest BCUT2D eigenvalue weighted by Gasteiger charge is -2.32. The Hall–Kier alpha value is -1.06. The van der Waals surface area contributed by atoms with E-state index >= 15 is 0 Å². The van der Waals surface area contributed by atoms with Crippen LogP contribution in [0.25, 0.3) is 0 Å². The van der Waals surface area contributed by atoms with Crippen LogP contribution in [0, 0.1) is 0 Å². The van der Waals surface area contributed by atoms with Gasteiger partial charge in [-0.05, 0) is 44.5 Å². The van der Waals surface area contributed by atoms with Gasteiger partial charge >= 0.3 is 5.97 Å². The Labute approximate surface area is 119 Å². The molecule has 19 heavy (non-hydrogen) atoms. The van der Waals surface area contributed by atoms with Crippen LogP contribution in [-0.2, 0) is 4.74 Å². The van der Waals surface area contributed by atoms with Crippen LogP contribution in [0.5, 0.6) is 0 Å². The highest BCUT2D eigenvalue weighted by Crippen LogP contribution is 2.16. The average molecular weight is 282 g/mol. The van der Waals surface area contributed by atoms with E-state index in [9.17, 15) is 4.79 Å². The summed E-state index contributed by atoms with van der Waals surface area (Å²) in [5.41, 5.74) is 0.513. The second kappa shape index (κ2) is 6.92. The van der Waals surface area contributed by atoms with Crippen molar-refractivity contribution in [2.24, 2.45) is 0 Å². The van der Waals surface area contributed by atoms with Gasteiger partial charge in [-0.3, -0.25) is 4.90 Å². The second-order valence-corrected chi connectivity index (χ2v) is 5.46. The Morgan fingerprint density at radius 1 is 1.47 bits per heavy atom. The molecule has 1 aromatic carbocycles. The molecule has 0 saturated carbocycles. The van der Waals surface area contributed by atoms with Crippen molar-refractivity contribution in [1.29, 1.82) is 0 Å². The fourth-order valence-electron chi connectivity index (χ4n) is 2.44. The molecule has 1 fully saturated rings. The number of benzene rings is 1. The number of carbonyl (C=O) groups is 1. The van der Waals surface area contributed by atoms with Crippen molar-refractivity contribution in [2.45, 2.75) is 32.2 Å². The Kier molecular flexibility index (Phi) is 5.23. The largest absolute Gasteiger partial charge is 0.461 e. The Morgan fingerprint density at radius 2 is 2.32 bits per heavy atom. The number of rotatable bonds is 4. The molecule has 1 unspecified atom stereocenters. The number of esters is 1. The molecule has 1 aromatic rings. The van der Waals surface area contributed by atoms with Crippen LogP contribution >= 0.6 is 11.6 Å². The van der Waals surface area contributed by atoms with Crippen LogP contribution in [0.3, 0.4) is 0 Å². The average Bonchev–Trinajstić information content (AvgIpc) is 2.41. The zero-order valence-electron chi connectivity index (χ0n) is 11.3. The molecular formula is C15H20ClNO2. The summed E-state index contributed by atoms with van der Waals surface area (Å²) in [6, 6.07) is 7.45. The lowest BCUT2D eigenvalue weighted by atomic mass is 10.0. The smallest absolute Gasteiger partial charge is 0.338 e. The first-order valence-corrected chi connectivity index (χ1v) is 7.21. The summed E-state index contributed by atoms with van der Waals surface area (Å²) in [6.45, 7) is 4.59. The maximum atomic E-state index is 11.8. The first-order chi connectivity index (χ1) is 9.16. The Balaban J connectivity index is 1.77. The van der Waals surface area contributed by atoms with Gasteiger partial charge in [-0.15, -0.1) is 0 Å². The molecule has 0 amide bonds. The summed E-state index contributed by atoms with van der Waals surface area (Å²) >= 11 is 5.85. The monoisotopic (exact) mass is 281 g/mol. The Morgan fingerprint density at radius 3 is 3.05 bits per heavy atom. The highest BCUT2D eigenvalue weighted by molar-refractivity contribution is 6.30. The summed E-state index contributed by atoms with van der Waals surface area (Å²) in [5, 5.41) is 0.555. The summed E-state index contributed by atoms with van der Waals surface area (Å²) in [5.74, 6) is -0.299. The molecular weight excluding hydrogens is 262 g/mol. The molecule has 0 aliphatic carbocycles. The zero-order valence-corrected chi connectivity index (χ0v) is 12.0. The molecule has 1 aliphatic heterocycles. The predicted octanol–water partition coefficient (Wildman–Crippen LogP) is 3.37. The molecule has 0 bridgehead atoms. The molecule has 1 atom stereocenters. The van der Waals surface area contributed by atoms with E-state index in [4.69, 9.17) is 16.3 Å². The third-order valence-corrected chi connectivity index (χ3v) is 3.85. The predicted molar refractivity (Wildman–Crippen MR) is 76.6 cm³/mol. The lowest BCUT2D eigenvalue weighted by Crippen LogP contribution is -2.39. The number of ether oxygens (including phenoxy) is 1. The molecule has 2 rings (SSSR count). The van der Waals surface area contributed by atoms with Crippen molar-refractivity contribution in [1.82, 2.24) is 4.90 Å². The van der Waals surface area contributed by atoms with Crippen LogP contribution in [0.4, 0.5) is 0 Å². The van der Waals surface area contributed by atoms with Crippen molar-refractivity contribution < 1.29 is 9.53 Å². The molecule has 0 spiro atoms. The molecule has 4 heteroatoms. The summed E-state index contributed by atoms with van der Waals surface area (Å²) in [7, 11) is 0. The maximum absolute atomic E-state index is 11.8. The summed E-state index contributed by atoms with van der Waals surface area (Å²) in [4.78, 5) is 14.2. The van der Waals surface area contributed by atoms with Gasteiger partial charge in [0.05, 0.1) is 5.56 Å². The van der Waals surface area contributed by atoms with Crippen LogP contribution in [0.2, 0.25) is 5.02 Å². The van der Waals surface area contributed by atoms with Crippen molar-refractivity contribution >= 4 is 17.6 Å². The van der Waals surface area contributed by atoms with Crippen molar-refractivity contribution in [2.75, 3.05) is 19.7 Å². The van der Waals surface area contributed by atoms with E-state index in [1.54, 1.807) is 24.3 Å². The quantitative estimate of drug-likeness (QED) is 0.793. The van der Waals surface area contributed by atoms with Crippen molar-refractivity contribution in [3.8, 4) is 0 Å². The highest BCUT2D eigenvalue weighted by atomic mass is 35.5. The number of hydrogen-bond acceptors (Lipinski definition) is 3. The number of carbonyl (C=O) groups excluding carboxylic acids is 1. The zero-order chi connectivity index (χ0) is 13.7. The minimum Gasteiger partial charge on any atom is -0.461 e. The van der Waals surface area contributed by atoms with Gasteiger partial charge < -0.3 is 4.74 Å². The molecule has 0 radical (unpaired) electrons. The Bertz CT molecular complexity index is 436. The van der Waals surface area contributed by atoms with Crippen LogP contribution in [0.1, 0.15) is 36.5 Å². The lowest BCUT2D eigenvalue weighted by molar-refractivity contribution is 0.0416. The third kappa shape index (κ3) is 4.22. The topological polar surface area (TPSA) is 29.5 Å². The van der Waals surface area contributed by atoms with Gasteiger partial charge in [-0.1, -0.05) is 24.1 Å². The van der Waals surface area contributed by atoms with E-state index in [-0.39, 0.29) is 5.97 Å². The van der Waals surface area contributed by atoms with Gasteiger partial charge in [-0.25, -0.2) is 4.79 Å². The van der Waals surface area contributed by atoms with Crippen molar-refractivity contribution in [3.63, 3.8) is 0 Å². The van der Waals surface area contributed by atoms with Crippen LogP contribution in [0.15, 0.2) is 24.3 Å². The van der Waals surface area contributed by atoms with Gasteiger partial charge in [-0.2, -0.15) is 0 Å². The third-order valence-electron chi connectivity index (χ3n) is 3.61. The van der Waals surface area contributed by atoms with Crippen molar-refractivity contribution in [3.05, 3.63) is 34.9 Å². The minimum atomic E-state index is -0.299. The second-order valence-electron chi connectivity index (χ2n) is 5.03. The number of hydrogen-bond donors (Lipinski definition) is 0. The van der Waals surface area contributed by atoms with E-state index in [0.29, 0.717) is 23.2 Å². The highest BCUT2D eigenvalue weighted by Gasteiger charge is 2.18. The number of likely N-dealkylation sites (tertiary alicyclic amines) is 1. The van der Waals surface area contributed by atoms with Gasteiger partial charge in [0.1, 0.15) is 6.61 Å². The summed E-state index contributed by atoms with van der Waals surface area (Å²) in [6.07, 6.45) is 3.79. The SMILES string of the molecule is CC1CCCCN1CCOC(=O)c1cccc(Cl)c1. The molecule has 1 saturated heterocycles. The van der Waals surface area contributed by atoms with E-state index in [1.807, 2.05) is 0 Å². The fourth-order valence-corrected chi connectivity index (χ4v) is 2.63. The van der Waals surface area contributed by atoms with Gasteiger partial charge in [0.2, 0.25) is 0 Å². The minimum absolute atomic E-state index is 0.299. The van der Waals surface area contributed by atoms with Gasteiger partial charge in [0.25, 0.3) is 0 Å². The summed E-state index contributed by atoms with van der Waals surface area (Å²) < 4.78 is 5.29. The number of piperidine rings is 1. The van der Waals surface area contributed by atoms with Gasteiger partial charge in [0, 0.05) is 17.6 Å². The molecule has 1 heterocycles. The number of nitrogens with zero attached hydrogens (tertiary/aromatic N) is 1. The number of halogens is 1. The van der Waals surface area contributed by atoms with Crippen LogP contribution < -0.4 is 0 Å². The standard InChI is InChI=1S/C15H20ClNO2/c1-12-5-2-3-8-17(12)9-10-19-15(18)13-6-4-7-14(16)11-13/h4,6-7,11-12H,2-3,5,8-10H2,1H3. The van der Waals surface area contributed by atoms with E-state index in [0.717, 1.165) is 13.1 Å². The van der Waals surface area contributed by atoms with E-state index < -0.39 is 0 Å². The normalized spacial score (nSPS) is 20.2. The van der Waals surface area contributed by atoms with E-state index in [1.165, 1.54) is 19.3 Å². The first kappa shape index (κ1) is 14.4. The molecule has 0 N–H and O–H groups in total. The molecule has 0 aromatic heterocycles. The molecule has 3 nitrogen and oxygen atoms in total.